The molecule has 1 aromatic rings. The van der Waals surface area contributed by atoms with E-state index in [1.807, 2.05) is 12.1 Å². The molecule has 0 aliphatic carbocycles. The van der Waals surface area contributed by atoms with Crippen LogP contribution < -0.4 is 10.1 Å². The van der Waals surface area contributed by atoms with Gasteiger partial charge in [-0.05, 0) is 36.6 Å². The molecule has 1 heterocycles. The largest absolute Gasteiger partial charge is 0.479 e. The zero-order valence-electron chi connectivity index (χ0n) is 12.6. The van der Waals surface area contributed by atoms with E-state index in [0.29, 0.717) is 17.9 Å². The van der Waals surface area contributed by atoms with Crippen molar-refractivity contribution in [3.63, 3.8) is 0 Å². The fourth-order valence-electron chi connectivity index (χ4n) is 2.20. The molecule has 1 atom stereocenters. The summed E-state index contributed by atoms with van der Waals surface area (Å²) in [6.07, 6.45) is 3.48. The highest BCUT2D eigenvalue weighted by molar-refractivity contribution is 6.01. The minimum absolute atomic E-state index is 0.0235. The van der Waals surface area contributed by atoms with E-state index in [1.54, 1.807) is 24.3 Å². The second kappa shape index (κ2) is 8.57. The maximum atomic E-state index is 12.0. The van der Waals surface area contributed by atoms with Crippen molar-refractivity contribution in [3.05, 3.63) is 35.4 Å². The van der Waals surface area contributed by atoms with E-state index in [9.17, 15) is 4.79 Å². The Bertz CT molecular complexity index is 647. The highest BCUT2D eigenvalue weighted by Gasteiger charge is 2.17. The highest BCUT2D eigenvalue weighted by atomic mass is 16.5. The van der Waals surface area contributed by atoms with Gasteiger partial charge in [0.25, 0.3) is 5.91 Å². The maximum Gasteiger partial charge on any atom is 0.262 e. The molecule has 1 fully saturated rings. The van der Waals surface area contributed by atoms with Crippen LogP contribution in [0.1, 0.15) is 18.4 Å². The topological polar surface area (TPSA) is 95.1 Å². The highest BCUT2D eigenvalue weighted by Crippen LogP contribution is 2.15. The molecule has 0 radical (unpaired) electrons. The molecule has 118 valence electrons. The van der Waals surface area contributed by atoms with Crippen LogP contribution in [-0.4, -0.2) is 31.8 Å². The molecule has 0 unspecified atom stereocenters. The number of hydrogen-bond donors (Lipinski definition) is 1. The predicted octanol–water partition coefficient (Wildman–Crippen LogP) is 1.79. The van der Waals surface area contributed by atoms with E-state index >= 15 is 0 Å². The second-order valence-electron chi connectivity index (χ2n) is 5.03. The summed E-state index contributed by atoms with van der Waals surface area (Å²) >= 11 is 0. The summed E-state index contributed by atoms with van der Waals surface area (Å²) in [5.41, 5.74) is 0.742. The lowest BCUT2D eigenvalue weighted by molar-refractivity contribution is -0.117. The van der Waals surface area contributed by atoms with Crippen LogP contribution in [0, 0.1) is 22.7 Å². The lowest BCUT2D eigenvalue weighted by atomic mass is 10.1. The number of rotatable bonds is 6. The van der Waals surface area contributed by atoms with Gasteiger partial charge in [0.1, 0.15) is 23.5 Å². The summed E-state index contributed by atoms with van der Waals surface area (Å²) in [6.45, 7) is 1.12. The molecule has 0 bridgehead atoms. The van der Waals surface area contributed by atoms with Gasteiger partial charge in [-0.15, -0.1) is 0 Å². The monoisotopic (exact) mass is 311 g/mol. The number of carbonyl (C=O) groups excluding carboxylic acids is 1. The number of hydrogen-bond acceptors (Lipinski definition) is 5. The fourth-order valence-corrected chi connectivity index (χ4v) is 2.20. The van der Waals surface area contributed by atoms with Crippen LogP contribution >= 0.6 is 0 Å². The van der Waals surface area contributed by atoms with Gasteiger partial charge in [-0.2, -0.15) is 10.5 Å². The third-order valence-corrected chi connectivity index (χ3v) is 3.37. The first kappa shape index (κ1) is 16.5. The lowest BCUT2D eigenvalue weighted by Crippen LogP contribution is -2.32. The Kier molecular flexibility index (Phi) is 6.17. The van der Waals surface area contributed by atoms with Gasteiger partial charge in [0, 0.05) is 13.2 Å². The van der Waals surface area contributed by atoms with Crippen molar-refractivity contribution >= 4 is 12.0 Å². The van der Waals surface area contributed by atoms with E-state index in [0.717, 1.165) is 19.4 Å². The molecule has 23 heavy (non-hydrogen) atoms. The number of ether oxygens (including phenoxy) is 2. The summed E-state index contributed by atoms with van der Waals surface area (Å²) in [6, 6.07) is 10.6. The molecule has 1 aromatic carbocycles. The van der Waals surface area contributed by atoms with Crippen molar-refractivity contribution in [3.8, 4) is 17.9 Å². The number of nitrogens with zero attached hydrogens (tertiary/aromatic N) is 2. The molecule has 1 N–H and O–H groups in total. The van der Waals surface area contributed by atoms with Gasteiger partial charge in [0.2, 0.25) is 0 Å². The Morgan fingerprint density at radius 1 is 1.39 bits per heavy atom. The maximum absolute atomic E-state index is 12.0. The van der Waals surface area contributed by atoms with Crippen molar-refractivity contribution in [2.24, 2.45) is 0 Å². The molecule has 1 saturated heterocycles. The quantitative estimate of drug-likeness (QED) is 0.638. The fraction of sp³-hybridized carbons (Fsp3) is 0.353. The first-order valence-corrected chi connectivity index (χ1v) is 7.34. The number of nitriles is 2. The van der Waals surface area contributed by atoms with Gasteiger partial charge >= 0.3 is 0 Å². The van der Waals surface area contributed by atoms with E-state index in [4.69, 9.17) is 20.0 Å². The molecule has 1 aliphatic rings. The van der Waals surface area contributed by atoms with Crippen molar-refractivity contribution in [2.75, 3.05) is 19.8 Å². The van der Waals surface area contributed by atoms with Crippen LogP contribution in [0.25, 0.3) is 6.08 Å². The SMILES string of the molecule is N#CCOc1ccc(/C=C(\C#N)C(=O)NC[C@@H]2CCCO2)cc1. The van der Waals surface area contributed by atoms with Crippen LogP contribution in [0.5, 0.6) is 5.75 Å². The minimum Gasteiger partial charge on any atom is -0.479 e. The number of amides is 1. The average Bonchev–Trinajstić information content (AvgIpc) is 3.10. The molecule has 0 spiro atoms. The van der Waals surface area contributed by atoms with E-state index in [-0.39, 0.29) is 18.3 Å². The molecule has 6 heteroatoms. The molecule has 0 aromatic heterocycles. The molecule has 2 rings (SSSR count). The van der Waals surface area contributed by atoms with Crippen molar-refractivity contribution in [1.29, 1.82) is 10.5 Å². The zero-order valence-corrected chi connectivity index (χ0v) is 12.6. The van der Waals surface area contributed by atoms with Crippen LogP contribution in [0.2, 0.25) is 0 Å². The summed E-state index contributed by atoms with van der Waals surface area (Å²) in [4.78, 5) is 12.0. The zero-order chi connectivity index (χ0) is 16.5. The van der Waals surface area contributed by atoms with Crippen molar-refractivity contribution < 1.29 is 14.3 Å². The van der Waals surface area contributed by atoms with E-state index < -0.39 is 5.91 Å². The number of carbonyl (C=O) groups is 1. The van der Waals surface area contributed by atoms with E-state index in [2.05, 4.69) is 5.32 Å². The first-order valence-electron chi connectivity index (χ1n) is 7.34. The third-order valence-electron chi connectivity index (χ3n) is 3.37. The molecule has 1 amide bonds. The number of benzene rings is 1. The molecule has 0 saturated carbocycles. The van der Waals surface area contributed by atoms with Crippen LogP contribution in [0.3, 0.4) is 0 Å². The van der Waals surface area contributed by atoms with Crippen LogP contribution in [-0.2, 0) is 9.53 Å². The lowest BCUT2D eigenvalue weighted by Gasteiger charge is -2.10. The van der Waals surface area contributed by atoms with Gasteiger partial charge in [-0.1, -0.05) is 12.1 Å². The minimum atomic E-state index is -0.409. The Morgan fingerprint density at radius 2 is 2.17 bits per heavy atom. The Balaban J connectivity index is 1.95. The van der Waals surface area contributed by atoms with Gasteiger partial charge in [-0.3, -0.25) is 4.79 Å². The molecule has 6 nitrogen and oxygen atoms in total. The summed E-state index contributed by atoms with van der Waals surface area (Å²) < 4.78 is 10.6. The summed E-state index contributed by atoms with van der Waals surface area (Å²) in [5.74, 6) is 0.151. The van der Waals surface area contributed by atoms with E-state index in [1.165, 1.54) is 6.08 Å². The van der Waals surface area contributed by atoms with Gasteiger partial charge < -0.3 is 14.8 Å². The van der Waals surface area contributed by atoms with Crippen molar-refractivity contribution in [2.45, 2.75) is 18.9 Å². The van der Waals surface area contributed by atoms with Gasteiger partial charge in [0.05, 0.1) is 6.10 Å². The van der Waals surface area contributed by atoms with Crippen LogP contribution in [0.4, 0.5) is 0 Å². The van der Waals surface area contributed by atoms with Gasteiger partial charge in [-0.25, -0.2) is 0 Å². The second-order valence-corrected chi connectivity index (χ2v) is 5.03. The summed E-state index contributed by atoms with van der Waals surface area (Å²) in [5, 5.41) is 20.3. The summed E-state index contributed by atoms with van der Waals surface area (Å²) in [7, 11) is 0. The standard InChI is InChI=1S/C17H17N3O3/c18-7-9-23-15-5-3-13(4-6-15)10-14(11-19)17(21)20-12-16-2-1-8-22-16/h3-6,10,16H,1-2,8-9,12H2,(H,20,21)/b14-10+/t16-/m0/s1. The van der Waals surface area contributed by atoms with Gasteiger partial charge in [0.15, 0.2) is 6.61 Å². The normalized spacial score (nSPS) is 17.1. The van der Waals surface area contributed by atoms with Crippen LogP contribution in [0.15, 0.2) is 29.8 Å². The third kappa shape index (κ3) is 5.14. The van der Waals surface area contributed by atoms with Crippen molar-refractivity contribution in [1.82, 2.24) is 5.32 Å². The Morgan fingerprint density at radius 3 is 2.78 bits per heavy atom. The Labute approximate surface area is 134 Å². The smallest absolute Gasteiger partial charge is 0.262 e. The number of nitrogens with one attached hydrogen (secondary N) is 1. The predicted molar refractivity (Wildman–Crippen MR) is 83.1 cm³/mol. The Hall–Kier alpha value is -2.83. The average molecular weight is 311 g/mol. The molecule has 1 aliphatic heterocycles. The molecular formula is C17H17N3O3. The first-order chi connectivity index (χ1) is 11.2. The molecular weight excluding hydrogens is 294 g/mol.